The van der Waals surface area contributed by atoms with Gasteiger partial charge in [-0.25, -0.2) is 9.78 Å². The van der Waals surface area contributed by atoms with Crippen LogP contribution < -0.4 is 11.2 Å². The largest absolute Gasteiger partial charge is 0.332 e. The molecular formula is C14H12Cl2N4O2. The van der Waals surface area contributed by atoms with Crippen LogP contribution in [0.4, 0.5) is 0 Å². The predicted molar refractivity (Wildman–Crippen MR) is 85.8 cm³/mol. The molecule has 8 heteroatoms. The number of benzene rings is 1. The second kappa shape index (κ2) is 5.30. The van der Waals surface area contributed by atoms with Crippen molar-refractivity contribution in [3.8, 4) is 0 Å². The number of halogens is 2. The molecule has 3 rings (SSSR count). The molecule has 0 amide bonds. The highest BCUT2D eigenvalue weighted by atomic mass is 35.5. The van der Waals surface area contributed by atoms with Gasteiger partial charge < -0.3 is 0 Å². The summed E-state index contributed by atoms with van der Waals surface area (Å²) in [6.45, 7) is 0.382. The van der Waals surface area contributed by atoms with Crippen LogP contribution in [0.1, 0.15) is 5.56 Å². The summed E-state index contributed by atoms with van der Waals surface area (Å²) < 4.78 is 4.01. The molecule has 22 heavy (non-hydrogen) atoms. The van der Waals surface area contributed by atoms with Crippen molar-refractivity contribution in [2.45, 2.75) is 6.54 Å². The van der Waals surface area contributed by atoms with E-state index < -0.39 is 11.2 Å². The molecule has 0 aliphatic rings. The topological polar surface area (TPSA) is 61.8 Å². The number of hydrogen-bond donors (Lipinski definition) is 0. The lowest BCUT2D eigenvalue weighted by molar-refractivity contribution is 0.688. The van der Waals surface area contributed by atoms with Crippen LogP contribution in [0.15, 0.2) is 33.9 Å². The predicted octanol–water partition coefficient (Wildman–Crippen LogP) is 1.79. The van der Waals surface area contributed by atoms with Gasteiger partial charge in [0.25, 0.3) is 5.56 Å². The first-order chi connectivity index (χ1) is 10.4. The highest BCUT2D eigenvalue weighted by Crippen LogP contribution is 2.19. The average molecular weight is 339 g/mol. The summed E-state index contributed by atoms with van der Waals surface area (Å²) in [6, 6.07) is 7.23. The number of aryl methyl sites for hydroxylation is 1. The first-order valence-electron chi connectivity index (χ1n) is 6.46. The van der Waals surface area contributed by atoms with Crippen LogP contribution in [0, 0.1) is 0 Å². The van der Waals surface area contributed by atoms with Crippen molar-refractivity contribution in [2.24, 2.45) is 14.1 Å². The Kier molecular flexibility index (Phi) is 3.58. The van der Waals surface area contributed by atoms with E-state index in [0.717, 1.165) is 10.1 Å². The molecule has 2 heterocycles. The van der Waals surface area contributed by atoms with E-state index in [1.54, 1.807) is 23.7 Å². The molecule has 0 fully saturated rings. The third-order valence-corrected chi connectivity index (χ3v) is 4.09. The molecule has 0 bridgehead atoms. The van der Waals surface area contributed by atoms with E-state index in [2.05, 4.69) is 4.98 Å². The molecule has 0 aliphatic carbocycles. The van der Waals surface area contributed by atoms with Gasteiger partial charge in [0, 0.05) is 19.1 Å². The zero-order valence-corrected chi connectivity index (χ0v) is 13.4. The fourth-order valence-electron chi connectivity index (χ4n) is 2.38. The normalized spacial score (nSPS) is 11.3. The molecule has 0 saturated carbocycles. The highest BCUT2D eigenvalue weighted by molar-refractivity contribution is 6.30. The van der Waals surface area contributed by atoms with Crippen molar-refractivity contribution in [3.05, 3.63) is 61.0 Å². The Hall–Kier alpha value is -2.05. The fraction of sp³-hybridized carbons (Fsp3) is 0.214. The summed E-state index contributed by atoms with van der Waals surface area (Å²) in [5, 5.41) is 0.787. The van der Waals surface area contributed by atoms with Gasteiger partial charge >= 0.3 is 5.69 Å². The van der Waals surface area contributed by atoms with Crippen LogP contribution in [-0.2, 0) is 20.6 Å². The number of rotatable bonds is 2. The Morgan fingerprint density at radius 1 is 1.05 bits per heavy atom. The lowest BCUT2D eigenvalue weighted by Gasteiger charge is -2.09. The lowest BCUT2D eigenvalue weighted by atomic mass is 10.2. The summed E-state index contributed by atoms with van der Waals surface area (Å²) in [5.41, 5.74) is 0.608. The van der Waals surface area contributed by atoms with E-state index in [-0.39, 0.29) is 10.8 Å². The van der Waals surface area contributed by atoms with Crippen LogP contribution in [0.2, 0.25) is 10.3 Å². The minimum atomic E-state index is -0.463. The third kappa shape index (κ3) is 2.24. The van der Waals surface area contributed by atoms with E-state index in [1.807, 2.05) is 12.1 Å². The maximum absolute atomic E-state index is 12.2. The van der Waals surface area contributed by atoms with Gasteiger partial charge in [-0.2, -0.15) is 0 Å². The Balaban J connectivity index is 2.26. The molecule has 0 aliphatic heterocycles. The number of fused-ring (bicyclic) bond motifs is 1. The van der Waals surface area contributed by atoms with Gasteiger partial charge in [0.05, 0.1) is 6.54 Å². The monoisotopic (exact) mass is 338 g/mol. The molecule has 0 N–H and O–H groups in total. The third-order valence-electron chi connectivity index (χ3n) is 3.55. The summed E-state index contributed by atoms with van der Waals surface area (Å²) in [7, 11) is 3.00. The van der Waals surface area contributed by atoms with Crippen LogP contribution in [0.5, 0.6) is 0 Å². The number of nitrogens with zero attached hydrogens (tertiary/aromatic N) is 4. The zero-order chi connectivity index (χ0) is 16.0. The average Bonchev–Trinajstić information content (AvgIpc) is 2.82. The molecule has 0 atom stereocenters. The Labute approximate surface area is 135 Å². The van der Waals surface area contributed by atoms with Gasteiger partial charge in [0.15, 0.2) is 11.2 Å². The first-order valence-corrected chi connectivity index (χ1v) is 7.22. The van der Waals surface area contributed by atoms with E-state index >= 15 is 0 Å². The van der Waals surface area contributed by atoms with Gasteiger partial charge in [0.2, 0.25) is 5.28 Å². The molecule has 1 aromatic carbocycles. The molecule has 0 radical (unpaired) electrons. The van der Waals surface area contributed by atoms with Gasteiger partial charge in [-0.05, 0) is 29.3 Å². The molecule has 114 valence electrons. The van der Waals surface area contributed by atoms with Crippen molar-refractivity contribution in [1.82, 2.24) is 18.7 Å². The number of hydrogen-bond acceptors (Lipinski definition) is 3. The standard InChI is InChI=1S/C14H12Cl2N4O2/c1-18-11-10(12(21)19(2)14(18)22)17-13(16)20(11)7-8-3-5-9(15)6-4-8/h3-6H,7H2,1-2H3. The molecular weight excluding hydrogens is 327 g/mol. The summed E-state index contributed by atoms with van der Waals surface area (Å²) in [6.07, 6.45) is 0. The van der Waals surface area contributed by atoms with E-state index in [4.69, 9.17) is 23.2 Å². The van der Waals surface area contributed by atoms with Gasteiger partial charge in [-0.15, -0.1) is 0 Å². The molecule has 0 spiro atoms. The zero-order valence-electron chi connectivity index (χ0n) is 11.9. The van der Waals surface area contributed by atoms with Gasteiger partial charge in [0.1, 0.15) is 0 Å². The maximum atomic E-state index is 12.2. The molecule has 0 saturated heterocycles. The Bertz CT molecular complexity index is 983. The molecule has 6 nitrogen and oxygen atoms in total. The van der Waals surface area contributed by atoms with Gasteiger partial charge in [-0.1, -0.05) is 23.7 Å². The molecule has 3 aromatic rings. The summed E-state index contributed by atoms with van der Waals surface area (Å²) >= 11 is 12.0. The second-order valence-corrected chi connectivity index (χ2v) is 5.75. The Morgan fingerprint density at radius 3 is 2.32 bits per heavy atom. The Morgan fingerprint density at radius 2 is 1.68 bits per heavy atom. The van der Waals surface area contributed by atoms with E-state index in [1.165, 1.54) is 11.6 Å². The first kappa shape index (κ1) is 14.9. The van der Waals surface area contributed by atoms with Crippen LogP contribution in [0.3, 0.4) is 0 Å². The quantitative estimate of drug-likeness (QED) is 0.669. The van der Waals surface area contributed by atoms with Crippen molar-refractivity contribution in [3.63, 3.8) is 0 Å². The number of aromatic nitrogens is 4. The minimum Gasteiger partial charge on any atom is -0.296 e. The smallest absolute Gasteiger partial charge is 0.296 e. The summed E-state index contributed by atoms with van der Waals surface area (Å²) in [5.74, 6) is 0. The van der Waals surface area contributed by atoms with Crippen LogP contribution in [0.25, 0.3) is 11.2 Å². The lowest BCUT2D eigenvalue weighted by Crippen LogP contribution is -2.37. The highest BCUT2D eigenvalue weighted by Gasteiger charge is 2.17. The maximum Gasteiger partial charge on any atom is 0.332 e. The van der Waals surface area contributed by atoms with Crippen LogP contribution in [-0.4, -0.2) is 18.7 Å². The van der Waals surface area contributed by atoms with Crippen LogP contribution >= 0.6 is 23.2 Å². The minimum absolute atomic E-state index is 0.156. The van der Waals surface area contributed by atoms with Crippen molar-refractivity contribution >= 4 is 34.4 Å². The van der Waals surface area contributed by atoms with E-state index in [9.17, 15) is 9.59 Å². The SMILES string of the molecule is Cn1c(=O)c2nc(Cl)n(Cc3ccc(Cl)cc3)c2n(C)c1=O. The number of imidazole rings is 1. The van der Waals surface area contributed by atoms with Gasteiger partial charge in [-0.3, -0.25) is 18.5 Å². The van der Waals surface area contributed by atoms with Crippen molar-refractivity contribution in [1.29, 1.82) is 0 Å². The fourth-order valence-corrected chi connectivity index (χ4v) is 2.73. The van der Waals surface area contributed by atoms with Crippen molar-refractivity contribution < 1.29 is 0 Å². The second-order valence-electron chi connectivity index (χ2n) is 4.97. The summed E-state index contributed by atoms with van der Waals surface area (Å²) in [4.78, 5) is 28.3. The van der Waals surface area contributed by atoms with E-state index in [0.29, 0.717) is 17.2 Å². The molecule has 0 unspecified atom stereocenters. The molecule has 2 aromatic heterocycles. The van der Waals surface area contributed by atoms with Crippen molar-refractivity contribution in [2.75, 3.05) is 0 Å².